The summed E-state index contributed by atoms with van der Waals surface area (Å²) in [5.74, 6) is -0.275. The number of nitrogens with zero attached hydrogens (tertiary/aromatic N) is 3. The summed E-state index contributed by atoms with van der Waals surface area (Å²) in [5, 5.41) is 2.37. The van der Waals surface area contributed by atoms with Gasteiger partial charge in [0, 0.05) is 12.3 Å². The fourth-order valence-corrected chi connectivity index (χ4v) is 8.34. The monoisotopic (exact) mass is 867 g/mol. The highest BCUT2D eigenvalue weighted by atomic mass is 28.4. The molecule has 4 atom stereocenters. The second kappa shape index (κ2) is 18.7. The second-order valence-corrected chi connectivity index (χ2v) is 22.0. The third-order valence-electron chi connectivity index (χ3n) is 11.6. The van der Waals surface area contributed by atoms with E-state index in [1.807, 2.05) is 78.9 Å². The first kappa shape index (κ1) is 45.8. The molecular formula is C46H57N5O10Si. The number of benzene rings is 3. The quantitative estimate of drug-likeness (QED) is 0.0541. The van der Waals surface area contributed by atoms with Crippen molar-refractivity contribution >= 4 is 43.1 Å². The van der Waals surface area contributed by atoms with Crippen LogP contribution >= 0.6 is 0 Å². The Morgan fingerprint density at radius 3 is 1.98 bits per heavy atom. The molecule has 0 saturated carbocycles. The fraction of sp³-hybridized carbons (Fsp3) is 0.435. The van der Waals surface area contributed by atoms with Gasteiger partial charge in [0.15, 0.2) is 31.8 Å². The minimum atomic E-state index is -2.71. The normalized spacial score (nSPS) is 18.2. The Morgan fingerprint density at radius 2 is 1.45 bits per heavy atom. The van der Waals surface area contributed by atoms with Crippen LogP contribution in [0.3, 0.4) is 0 Å². The van der Waals surface area contributed by atoms with Gasteiger partial charge < -0.3 is 32.9 Å². The summed E-state index contributed by atoms with van der Waals surface area (Å²) in [6, 6.07) is 24.9. The van der Waals surface area contributed by atoms with Gasteiger partial charge in [-0.05, 0) is 66.0 Å². The number of carbonyl (C=O) groups is 3. The van der Waals surface area contributed by atoms with Crippen molar-refractivity contribution in [1.82, 2.24) is 19.5 Å². The molecule has 2 aromatic heterocycles. The van der Waals surface area contributed by atoms with Crippen molar-refractivity contribution < 1.29 is 42.5 Å². The Bertz CT molecular complexity index is 2360. The first-order chi connectivity index (χ1) is 29.4. The SMILES string of the molecule is COc1ccc(C(OC[C@H]2O[C@@H](n3cnc4c(=O)[nH]c(NC(=O)C(C)C)nc43)[C@@H](O[Si](C)(C)C(C)(C)C)C2OC(=O)CCC(C)=O)(c2ccccc2)c2ccc(OC)cc2)cc1. The van der Waals surface area contributed by atoms with E-state index in [1.165, 1.54) is 13.3 Å². The second-order valence-electron chi connectivity index (χ2n) is 17.3. The average Bonchev–Trinajstić information content (AvgIpc) is 3.81. The van der Waals surface area contributed by atoms with Gasteiger partial charge in [-0.15, -0.1) is 0 Å². The molecule has 1 amide bonds. The largest absolute Gasteiger partial charge is 0.497 e. The van der Waals surface area contributed by atoms with Crippen LogP contribution in [0.5, 0.6) is 11.5 Å². The minimum absolute atomic E-state index is 0.000897. The predicted molar refractivity (Wildman–Crippen MR) is 236 cm³/mol. The van der Waals surface area contributed by atoms with Crippen molar-refractivity contribution in [3.8, 4) is 11.5 Å². The Kier molecular flexibility index (Phi) is 13.9. The van der Waals surface area contributed by atoms with E-state index in [0.717, 1.165) is 16.7 Å². The number of nitrogens with one attached hydrogen (secondary N) is 2. The lowest BCUT2D eigenvalue weighted by atomic mass is 9.80. The van der Waals surface area contributed by atoms with Crippen LogP contribution in [0, 0.1) is 5.92 Å². The highest BCUT2D eigenvalue weighted by molar-refractivity contribution is 6.74. The lowest BCUT2D eigenvalue weighted by Gasteiger charge is -2.40. The molecule has 1 aliphatic rings. The number of ether oxygens (including phenoxy) is 5. The summed E-state index contributed by atoms with van der Waals surface area (Å²) < 4.78 is 40.4. The van der Waals surface area contributed by atoms with Crippen LogP contribution in [0.15, 0.2) is 90.0 Å². The smallest absolute Gasteiger partial charge is 0.306 e. The van der Waals surface area contributed by atoms with Crippen molar-refractivity contribution in [2.24, 2.45) is 5.92 Å². The Balaban J connectivity index is 1.52. The molecule has 1 aliphatic heterocycles. The van der Waals surface area contributed by atoms with Crippen LogP contribution in [0.1, 0.15) is 77.3 Å². The molecular weight excluding hydrogens is 811 g/mol. The first-order valence-electron chi connectivity index (χ1n) is 20.7. The number of methoxy groups -OCH3 is 2. The van der Waals surface area contributed by atoms with E-state index in [-0.39, 0.29) is 59.2 Å². The third kappa shape index (κ3) is 9.68. The van der Waals surface area contributed by atoms with Gasteiger partial charge in [-0.3, -0.25) is 29.3 Å². The summed E-state index contributed by atoms with van der Waals surface area (Å²) in [7, 11) is 0.493. The number of anilines is 1. The standard InChI is InChI=1S/C46H57N5O10Si/c1-28(2)41(54)49-44-48-40-37(42(55)50-44)47-27-51(40)43-39(61-62(9,10)45(4,5)6)38(60-36(53)25-16-29(3)52)35(59-43)26-58-46(30-14-12-11-13-15-30,31-17-21-33(56-7)22-18-31)32-19-23-34(57-8)24-20-32/h11-15,17-24,27-28,35,38-39,43H,16,25-26H2,1-10H3,(H2,48,49,50,54,55)/t35-,38?,39+,43-/m1/s1. The zero-order valence-electron chi connectivity index (χ0n) is 37.0. The highest BCUT2D eigenvalue weighted by Gasteiger charge is 2.54. The number of hydrogen-bond donors (Lipinski definition) is 2. The van der Waals surface area contributed by atoms with Crippen molar-refractivity contribution in [3.63, 3.8) is 0 Å². The van der Waals surface area contributed by atoms with Crippen molar-refractivity contribution in [1.29, 1.82) is 0 Å². The van der Waals surface area contributed by atoms with E-state index in [9.17, 15) is 19.2 Å². The molecule has 2 N–H and O–H groups in total. The van der Waals surface area contributed by atoms with Gasteiger partial charge in [0.05, 0.1) is 33.6 Å². The molecule has 1 fully saturated rings. The Morgan fingerprint density at radius 1 is 0.871 bits per heavy atom. The maximum absolute atomic E-state index is 13.7. The number of Topliss-reactive ketones (excluding diaryl/α,β-unsaturated/α-hetero) is 1. The minimum Gasteiger partial charge on any atom is -0.497 e. The molecule has 16 heteroatoms. The molecule has 0 radical (unpaired) electrons. The number of fused-ring (bicyclic) bond motifs is 1. The van der Waals surface area contributed by atoms with Gasteiger partial charge in [0.1, 0.15) is 35.1 Å². The van der Waals surface area contributed by atoms with Crippen molar-refractivity contribution in [2.75, 3.05) is 26.1 Å². The van der Waals surface area contributed by atoms with Gasteiger partial charge in [0.2, 0.25) is 11.9 Å². The molecule has 6 rings (SSSR count). The zero-order valence-corrected chi connectivity index (χ0v) is 38.0. The van der Waals surface area contributed by atoms with Crippen LogP contribution in [-0.2, 0) is 38.6 Å². The summed E-state index contributed by atoms with van der Waals surface area (Å²) >= 11 is 0. The third-order valence-corrected chi connectivity index (χ3v) is 16.1. The molecule has 0 aliphatic carbocycles. The molecule has 15 nitrogen and oxygen atoms in total. The Labute approximate surface area is 362 Å². The van der Waals surface area contributed by atoms with E-state index >= 15 is 0 Å². The summed E-state index contributed by atoms with van der Waals surface area (Å²) in [6.45, 7) is 15.1. The predicted octanol–water partition coefficient (Wildman–Crippen LogP) is 7.31. The lowest BCUT2D eigenvalue weighted by molar-refractivity contribution is -0.159. The number of aromatic amines is 1. The molecule has 62 heavy (non-hydrogen) atoms. The molecule has 5 aromatic rings. The van der Waals surface area contributed by atoms with E-state index in [0.29, 0.717) is 11.5 Å². The van der Waals surface area contributed by atoms with E-state index in [4.69, 9.17) is 28.1 Å². The van der Waals surface area contributed by atoms with E-state index in [1.54, 1.807) is 32.6 Å². The maximum atomic E-state index is 13.7. The number of amides is 1. The molecule has 330 valence electrons. The maximum Gasteiger partial charge on any atom is 0.306 e. The molecule has 0 spiro atoms. The van der Waals surface area contributed by atoms with Crippen LogP contribution < -0.4 is 20.3 Å². The number of H-pyrrole nitrogens is 1. The number of aromatic nitrogens is 4. The number of rotatable bonds is 17. The van der Waals surface area contributed by atoms with Gasteiger partial charge in [-0.2, -0.15) is 4.98 Å². The van der Waals surface area contributed by atoms with Crippen LogP contribution in [0.2, 0.25) is 18.1 Å². The summed E-state index contributed by atoms with van der Waals surface area (Å²) in [5.41, 5.74) is 0.612. The number of esters is 1. The Hall–Kier alpha value is -5.68. The fourth-order valence-electron chi connectivity index (χ4n) is 7.05. The van der Waals surface area contributed by atoms with E-state index in [2.05, 4.69) is 54.1 Å². The molecule has 1 saturated heterocycles. The van der Waals surface area contributed by atoms with E-state index < -0.39 is 50.0 Å². The van der Waals surface area contributed by atoms with Gasteiger partial charge >= 0.3 is 5.97 Å². The first-order valence-corrected chi connectivity index (χ1v) is 23.6. The van der Waals surface area contributed by atoms with Crippen molar-refractivity contribution in [3.05, 3.63) is 112 Å². The lowest BCUT2D eigenvalue weighted by Crippen LogP contribution is -2.50. The number of ketones is 1. The zero-order chi connectivity index (χ0) is 45.0. The van der Waals surface area contributed by atoms with Crippen LogP contribution in [-0.4, -0.2) is 84.6 Å². The number of imidazole rings is 1. The molecule has 0 bridgehead atoms. The summed E-state index contributed by atoms with van der Waals surface area (Å²) in [4.78, 5) is 63.5. The highest BCUT2D eigenvalue weighted by Crippen LogP contribution is 2.46. The van der Waals surface area contributed by atoms with Crippen LogP contribution in [0.25, 0.3) is 11.2 Å². The molecule has 1 unspecified atom stereocenters. The number of hydrogen-bond acceptors (Lipinski definition) is 12. The van der Waals surface area contributed by atoms with Gasteiger partial charge in [0.25, 0.3) is 5.56 Å². The molecule has 3 aromatic carbocycles. The number of carbonyl (C=O) groups excluding carboxylic acids is 3. The van der Waals surface area contributed by atoms with Crippen LogP contribution in [0.4, 0.5) is 5.95 Å². The van der Waals surface area contributed by atoms with Gasteiger partial charge in [-0.1, -0.05) is 89.2 Å². The average molecular weight is 868 g/mol. The van der Waals surface area contributed by atoms with Crippen molar-refractivity contribution in [2.45, 2.75) is 103 Å². The van der Waals surface area contributed by atoms with Gasteiger partial charge in [-0.25, -0.2) is 4.98 Å². The molecule has 3 heterocycles. The summed E-state index contributed by atoms with van der Waals surface area (Å²) in [6.07, 6.45) is -2.87. The topological polar surface area (TPSA) is 182 Å².